The van der Waals surface area contributed by atoms with Gasteiger partial charge in [0, 0.05) is 24.7 Å². The smallest absolute Gasteiger partial charge is 0.319 e. The molecule has 4 nitrogen and oxygen atoms in total. The van der Waals surface area contributed by atoms with Crippen LogP contribution in [0.25, 0.3) is 0 Å². The predicted octanol–water partition coefficient (Wildman–Crippen LogP) is 4.66. The second-order valence-electron chi connectivity index (χ2n) is 7.29. The summed E-state index contributed by atoms with van der Waals surface area (Å²) in [6, 6.07) is 19.1. The molecule has 2 aromatic carbocycles. The van der Waals surface area contributed by atoms with E-state index in [0.29, 0.717) is 22.8 Å². The summed E-state index contributed by atoms with van der Waals surface area (Å²) in [5.41, 5.74) is 2.02. The van der Waals surface area contributed by atoms with Gasteiger partial charge < -0.3 is 10.6 Å². The average molecular weight is 370 g/mol. The molecule has 4 rings (SSSR count). The number of halogens is 1. The number of nitrogens with zero attached hydrogens (tertiary/aromatic N) is 1. The van der Waals surface area contributed by atoms with E-state index in [-0.39, 0.29) is 12.1 Å². The highest BCUT2D eigenvalue weighted by Gasteiger charge is 2.40. The standard InChI is InChI=1S/C21H24ClN3O/c22-19-8-4-5-9-20(19)24-21(26)23-16-12-17-10-11-18(13-16)25(17)14-15-6-2-1-3-7-15/h1-9,16-18H,10-14H2,(H2,23,24,26)/t16?,17-,18+. The largest absolute Gasteiger partial charge is 0.335 e. The van der Waals surface area contributed by atoms with Crippen molar-refractivity contribution in [2.75, 3.05) is 5.32 Å². The molecule has 0 radical (unpaired) electrons. The summed E-state index contributed by atoms with van der Waals surface area (Å²) in [4.78, 5) is 15.0. The minimum atomic E-state index is -0.168. The highest BCUT2D eigenvalue weighted by atomic mass is 35.5. The lowest BCUT2D eigenvalue weighted by Crippen LogP contribution is -2.50. The van der Waals surface area contributed by atoms with Gasteiger partial charge in [0.25, 0.3) is 0 Å². The third kappa shape index (κ3) is 3.87. The number of benzene rings is 2. The van der Waals surface area contributed by atoms with Crippen LogP contribution in [0.1, 0.15) is 31.2 Å². The first kappa shape index (κ1) is 17.4. The molecule has 5 heteroatoms. The Bertz CT molecular complexity index is 753. The Morgan fingerprint density at radius 3 is 2.35 bits per heavy atom. The summed E-state index contributed by atoms with van der Waals surface area (Å²) < 4.78 is 0. The van der Waals surface area contributed by atoms with Crippen LogP contribution >= 0.6 is 11.6 Å². The Kier molecular flexibility index (Phi) is 5.14. The zero-order chi connectivity index (χ0) is 17.9. The molecule has 2 aliphatic rings. The Balaban J connectivity index is 1.34. The number of urea groups is 1. The second-order valence-corrected chi connectivity index (χ2v) is 7.70. The van der Waals surface area contributed by atoms with Gasteiger partial charge >= 0.3 is 6.03 Å². The van der Waals surface area contributed by atoms with Crippen LogP contribution in [0.4, 0.5) is 10.5 Å². The van der Waals surface area contributed by atoms with Gasteiger partial charge in [-0.15, -0.1) is 0 Å². The van der Waals surface area contributed by atoms with Gasteiger partial charge in [-0.1, -0.05) is 54.1 Å². The first-order chi connectivity index (χ1) is 12.7. The van der Waals surface area contributed by atoms with Crippen molar-refractivity contribution in [1.82, 2.24) is 10.2 Å². The van der Waals surface area contributed by atoms with Crippen LogP contribution in [0.2, 0.25) is 5.02 Å². The number of fused-ring (bicyclic) bond motifs is 2. The third-order valence-electron chi connectivity index (χ3n) is 5.55. The third-order valence-corrected chi connectivity index (χ3v) is 5.88. The van der Waals surface area contributed by atoms with E-state index in [2.05, 4.69) is 45.9 Å². The molecule has 2 fully saturated rings. The van der Waals surface area contributed by atoms with Crippen molar-refractivity contribution in [3.8, 4) is 0 Å². The van der Waals surface area contributed by atoms with Crippen molar-refractivity contribution in [2.24, 2.45) is 0 Å². The Hall–Kier alpha value is -2.04. The van der Waals surface area contributed by atoms with E-state index in [9.17, 15) is 4.79 Å². The fraction of sp³-hybridized carbons (Fsp3) is 0.381. The molecular weight excluding hydrogens is 346 g/mol. The normalized spacial score (nSPS) is 25.0. The predicted molar refractivity (Wildman–Crippen MR) is 105 cm³/mol. The van der Waals surface area contributed by atoms with Gasteiger partial charge in [0.2, 0.25) is 0 Å². The molecule has 3 atom stereocenters. The number of anilines is 1. The Morgan fingerprint density at radius 2 is 1.65 bits per heavy atom. The molecule has 2 aromatic rings. The van der Waals surface area contributed by atoms with Crippen molar-refractivity contribution in [2.45, 2.75) is 50.4 Å². The number of piperidine rings is 1. The summed E-state index contributed by atoms with van der Waals surface area (Å²) in [6.07, 6.45) is 4.47. The quantitative estimate of drug-likeness (QED) is 0.823. The highest BCUT2D eigenvalue weighted by Crippen LogP contribution is 2.36. The molecule has 26 heavy (non-hydrogen) atoms. The summed E-state index contributed by atoms with van der Waals surface area (Å²) in [5, 5.41) is 6.56. The van der Waals surface area contributed by atoms with E-state index in [1.807, 2.05) is 18.2 Å². The zero-order valence-electron chi connectivity index (χ0n) is 14.7. The minimum absolute atomic E-state index is 0.168. The minimum Gasteiger partial charge on any atom is -0.335 e. The molecule has 0 saturated carbocycles. The second kappa shape index (κ2) is 7.68. The van der Waals surface area contributed by atoms with E-state index in [1.165, 1.54) is 18.4 Å². The lowest BCUT2D eigenvalue weighted by molar-refractivity contribution is 0.112. The maximum Gasteiger partial charge on any atom is 0.319 e. The van der Waals surface area contributed by atoms with Crippen molar-refractivity contribution in [3.63, 3.8) is 0 Å². The van der Waals surface area contributed by atoms with E-state index in [0.717, 1.165) is 19.4 Å². The molecule has 2 amide bonds. The highest BCUT2D eigenvalue weighted by molar-refractivity contribution is 6.33. The molecule has 0 aromatic heterocycles. The first-order valence-electron chi connectivity index (χ1n) is 9.31. The topological polar surface area (TPSA) is 44.4 Å². The van der Waals surface area contributed by atoms with Gasteiger partial charge in [-0.25, -0.2) is 4.79 Å². The van der Waals surface area contributed by atoms with Gasteiger partial charge in [-0.05, 0) is 43.4 Å². The van der Waals surface area contributed by atoms with Crippen LogP contribution in [-0.2, 0) is 6.54 Å². The lowest BCUT2D eigenvalue weighted by Gasteiger charge is -2.39. The summed E-state index contributed by atoms with van der Waals surface area (Å²) in [7, 11) is 0. The number of carbonyl (C=O) groups is 1. The molecule has 2 bridgehead atoms. The molecule has 2 heterocycles. The average Bonchev–Trinajstić information content (AvgIpc) is 2.87. The molecular formula is C21H24ClN3O. The van der Waals surface area contributed by atoms with Crippen molar-refractivity contribution < 1.29 is 4.79 Å². The number of nitrogens with one attached hydrogen (secondary N) is 2. The number of amides is 2. The summed E-state index contributed by atoms with van der Waals surface area (Å²) in [5.74, 6) is 0. The van der Waals surface area contributed by atoms with Crippen molar-refractivity contribution >= 4 is 23.3 Å². The van der Waals surface area contributed by atoms with Gasteiger partial charge in [-0.2, -0.15) is 0 Å². The maximum absolute atomic E-state index is 12.3. The van der Waals surface area contributed by atoms with E-state index >= 15 is 0 Å². The molecule has 2 saturated heterocycles. The molecule has 1 unspecified atom stereocenters. The maximum atomic E-state index is 12.3. The Labute approximate surface area is 159 Å². The van der Waals surface area contributed by atoms with Gasteiger partial charge in [0.1, 0.15) is 0 Å². The number of para-hydroxylation sites is 1. The summed E-state index contributed by atoms with van der Waals surface area (Å²) >= 11 is 6.11. The first-order valence-corrected chi connectivity index (χ1v) is 9.68. The lowest BCUT2D eigenvalue weighted by atomic mass is 9.96. The van der Waals surface area contributed by atoms with E-state index in [1.54, 1.807) is 6.07 Å². The van der Waals surface area contributed by atoms with Crippen LogP contribution < -0.4 is 10.6 Å². The molecule has 2 aliphatic heterocycles. The van der Waals surface area contributed by atoms with Crippen molar-refractivity contribution in [1.29, 1.82) is 0 Å². The number of rotatable bonds is 4. The van der Waals surface area contributed by atoms with E-state index < -0.39 is 0 Å². The SMILES string of the molecule is O=C(Nc1ccccc1Cl)NC1C[C@H]2CC[C@@H](C1)N2Cc1ccccc1. The molecule has 0 aliphatic carbocycles. The van der Waals surface area contributed by atoms with Crippen LogP contribution in [0.3, 0.4) is 0 Å². The van der Waals surface area contributed by atoms with Gasteiger partial charge in [-0.3, -0.25) is 4.90 Å². The van der Waals surface area contributed by atoms with Crippen molar-refractivity contribution in [3.05, 3.63) is 65.2 Å². The molecule has 136 valence electrons. The van der Waals surface area contributed by atoms with Crippen LogP contribution in [0, 0.1) is 0 Å². The number of hydrogen-bond donors (Lipinski definition) is 2. The molecule has 2 N–H and O–H groups in total. The van der Waals surface area contributed by atoms with Crippen LogP contribution in [-0.4, -0.2) is 29.1 Å². The summed E-state index contributed by atoms with van der Waals surface area (Å²) in [6.45, 7) is 1.01. The fourth-order valence-corrected chi connectivity index (χ4v) is 4.53. The number of carbonyl (C=O) groups excluding carboxylic acids is 1. The Morgan fingerprint density at radius 1 is 1.00 bits per heavy atom. The molecule has 0 spiro atoms. The monoisotopic (exact) mass is 369 g/mol. The van der Waals surface area contributed by atoms with E-state index in [4.69, 9.17) is 11.6 Å². The van der Waals surface area contributed by atoms with Gasteiger partial charge in [0.15, 0.2) is 0 Å². The zero-order valence-corrected chi connectivity index (χ0v) is 15.5. The number of hydrogen-bond acceptors (Lipinski definition) is 2. The van der Waals surface area contributed by atoms with Crippen LogP contribution in [0.5, 0.6) is 0 Å². The fourth-order valence-electron chi connectivity index (χ4n) is 4.35. The van der Waals surface area contributed by atoms with Crippen LogP contribution in [0.15, 0.2) is 54.6 Å². The van der Waals surface area contributed by atoms with Gasteiger partial charge in [0.05, 0.1) is 10.7 Å².